The summed E-state index contributed by atoms with van der Waals surface area (Å²) in [6.07, 6.45) is 2.66. The van der Waals surface area contributed by atoms with Crippen LogP contribution in [0.15, 0.2) is 12.3 Å². The maximum absolute atomic E-state index is 9.41. The van der Waals surface area contributed by atoms with Gasteiger partial charge in [0.05, 0.1) is 24.3 Å². The molecule has 0 aliphatic carbocycles. The predicted molar refractivity (Wildman–Crippen MR) is 67.2 cm³/mol. The number of aromatic nitrogens is 1. The van der Waals surface area contributed by atoms with Crippen LogP contribution in [0.3, 0.4) is 0 Å². The van der Waals surface area contributed by atoms with Crippen LogP contribution in [0.4, 0.5) is 5.82 Å². The van der Waals surface area contributed by atoms with E-state index in [0.717, 1.165) is 13.0 Å². The van der Waals surface area contributed by atoms with Crippen molar-refractivity contribution < 1.29 is 10.2 Å². The number of anilines is 1. The molecular weight excluding hydrogens is 240 g/mol. The Morgan fingerprint density at radius 3 is 2.88 bits per heavy atom. The Morgan fingerprint density at radius 2 is 2.29 bits per heavy atom. The van der Waals surface area contributed by atoms with Crippen molar-refractivity contribution in [1.29, 1.82) is 0 Å². The van der Waals surface area contributed by atoms with Crippen LogP contribution in [0.1, 0.15) is 18.9 Å². The van der Waals surface area contributed by atoms with E-state index in [0.29, 0.717) is 22.3 Å². The van der Waals surface area contributed by atoms with Crippen molar-refractivity contribution in [1.82, 2.24) is 4.98 Å². The Hall–Kier alpha value is -0.840. The summed E-state index contributed by atoms with van der Waals surface area (Å²) in [5, 5.41) is 18.9. The minimum Gasteiger partial charge on any atom is -0.394 e. The first kappa shape index (κ1) is 12.6. The number of pyridine rings is 1. The third-order valence-corrected chi connectivity index (χ3v) is 3.68. The molecule has 2 unspecified atom stereocenters. The van der Waals surface area contributed by atoms with Gasteiger partial charge in [-0.2, -0.15) is 0 Å². The Bertz CT molecular complexity index is 400. The summed E-state index contributed by atoms with van der Waals surface area (Å²) in [5.74, 6) is 1.14. The summed E-state index contributed by atoms with van der Waals surface area (Å²) in [4.78, 5) is 6.34. The van der Waals surface area contributed by atoms with Gasteiger partial charge in [-0.25, -0.2) is 4.98 Å². The monoisotopic (exact) mass is 256 g/mol. The molecule has 0 spiro atoms. The lowest BCUT2D eigenvalue weighted by molar-refractivity contribution is 0.244. The zero-order valence-electron chi connectivity index (χ0n) is 9.80. The third-order valence-electron chi connectivity index (χ3n) is 3.40. The molecule has 0 aromatic carbocycles. The number of hydrogen-bond acceptors (Lipinski definition) is 4. The number of aliphatic hydroxyl groups excluding tert-OH is 2. The summed E-state index contributed by atoms with van der Waals surface area (Å²) in [6, 6.07) is 1.81. The summed E-state index contributed by atoms with van der Waals surface area (Å²) >= 11 is 6.16. The van der Waals surface area contributed by atoms with Crippen molar-refractivity contribution in [2.75, 3.05) is 18.1 Å². The smallest absolute Gasteiger partial charge is 0.147 e. The van der Waals surface area contributed by atoms with Gasteiger partial charge in [0.2, 0.25) is 0 Å². The second-order valence-electron chi connectivity index (χ2n) is 4.52. The van der Waals surface area contributed by atoms with E-state index in [1.54, 1.807) is 12.3 Å². The van der Waals surface area contributed by atoms with Gasteiger partial charge in [0.15, 0.2) is 0 Å². The Labute approximate surface area is 106 Å². The van der Waals surface area contributed by atoms with Crippen LogP contribution in [-0.2, 0) is 6.61 Å². The van der Waals surface area contributed by atoms with E-state index in [2.05, 4.69) is 11.9 Å². The fraction of sp³-hybridized carbons (Fsp3) is 0.583. The summed E-state index contributed by atoms with van der Waals surface area (Å²) in [7, 11) is 0. The Morgan fingerprint density at radius 1 is 1.53 bits per heavy atom. The molecule has 1 aliphatic rings. The highest BCUT2D eigenvalue weighted by Gasteiger charge is 2.32. The van der Waals surface area contributed by atoms with Crippen molar-refractivity contribution in [3.05, 3.63) is 22.8 Å². The van der Waals surface area contributed by atoms with Crippen molar-refractivity contribution in [3.63, 3.8) is 0 Å². The fourth-order valence-corrected chi connectivity index (χ4v) is 2.62. The van der Waals surface area contributed by atoms with Crippen molar-refractivity contribution in [2.24, 2.45) is 5.92 Å². The van der Waals surface area contributed by atoms with E-state index < -0.39 is 0 Å². The molecule has 5 heteroatoms. The molecule has 0 amide bonds. The van der Waals surface area contributed by atoms with Crippen LogP contribution >= 0.6 is 11.6 Å². The zero-order valence-corrected chi connectivity index (χ0v) is 10.6. The van der Waals surface area contributed by atoms with Crippen molar-refractivity contribution >= 4 is 17.4 Å². The molecule has 94 valence electrons. The van der Waals surface area contributed by atoms with Gasteiger partial charge in [-0.1, -0.05) is 18.5 Å². The highest BCUT2D eigenvalue weighted by Crippen LogP contribution is 2.32. The average molecular weight is 257 g/mol. The van der Waals surface area contributed by atoms with Crippen LogP contribution in [-0.4, -0.2) is 34.4 Å². The van der Waals surface area contributed by atoms with Gasteiger partial charge in [-0.15, -0.1) is 0 Å². The molecule has 1 aliphatic heterocycles. The molecule has 2 heterocycles. The minimum absolute atomic E-state index is 0.0627. The predicted octanol–water partition coefficient (Wildman–Crippen LogP) is 1.43. The second-order valence-corrected chi connectivity index (χ2v) is 4.92. The van der Waals surface area contributed by atoms with Crippen molar-refractivity contribution in [2.45, 2.75) is 26.0 Å². The molecule has 1 aromatic heterocycles. The first-order valence-electron chi connectivity index (χ1n) is 5.80. The lowest BCUT2D eigenvalue weighted by Gasteiger charge is -2.27. The van der Waals surface area contributed by atoms with E-state index in [1.165, 1.54) is 0 Å². The van der Waals surface area contributed by atoms with Gasteiger partial charge in [0.1, 0.15) is 5.82 Å². The maximum Gasteiger partial charge on any atom is 0.147 e. The van der Waals surface area contributed by atoms with Gasteiger partial charge in [0, 0.05) is 12.7 Å². The van der Waals surface area contributed by atoms with E-state index in [4.69, 9.17) is 16.7 Å². The van der Waals surface area contributed by atoms with E-state index in [-0.39, 0.29) is 19.3 Å². The average Bonchev–Trinajstić information content (AvgIpc) is 2.70. The van der Waals surface area contributed by atoms with E-state index in [1.807, 2.05) is 4.90 Å². The Balaban J connectivity index is 2.28. The molecule has 2 atom stereocenters. The third kappa shape index (κ3) is 2.39. The van der Waals surface area contributed by atoms with Gasteiger partial charge in [0.25, 0.3) is 0 Å². The highest BCUT2D eigenvalue weighted by atomic mass is 35.5. The topological polar surface area (TPSA) is 56.6 Å². The van der Waals surface area contributed by atoms with Crippen LogP contribution in [0.25, 0.3) is 0 Å². The molecule has 1 saturated heterocycles. The number of halogens is 1. The minimum atomic E-state index is -0.0627. The zero-order chi connectivity index (χ0) is 12.4. The highest BCUT2D eigenvalue weighted by molar-refractivity contribution is 6.33. The normalized spacial score (nSPS) is 24.4. The van der Waals surface area contributed by atoms with E-state index in [9.17, 15) is 5.11 Å². The largest absolute Gasteiger partial charge is 0.394 e. The van der Waals surface area contributed by atoms with Crippen LogP contribution < -0.4 is 4.90 Å². The van der Waals surface area contributed by atoms with Gasteiger partial charge in [-0.3, -0.25) is 0 Å². The number of hydrogen-bond donors (Lipinski definition) is 2. The first-order chi connectivity index (χ1) is 8.17. The number of nitrogens with zero attached hydrogens (tertiary/aromatic N) is 2. The summed E-state index contributed by atoms with van der Waals surface area (Å²) in [6.45, 7) is 3.03. The fourth-order valence-electron chi connectivity index (χ4n) is 2.32. The lowest BCUT2D eigenvalue weighted by Crippen LogP contribution is -2.35. The van der Waals surface area contributed by atoms with Gasteiger partial charge >= 0.3 is 0 Å². The van der Waals surface area contributed by atoms with E-state index >= 15 is 0 Å². The molecule has 0 bridgehead atoms. The Kier molecular flexibility index (Phi) is 3.86. The maximum atomic E-state index is 9.41. The SMILES string of the molecule is CC1CCN(c2ncc(CO)cc2Cl)C1CO. The van der Waals surface area contributed by atoms with Gasteiger partial charge in [-0.05, 0) is 24.0 Å². The van der Waals surface area contributed by atoms with Crippen molar-refractivity contribution in [3.8, 4) is 0 Å². The quantitative estimate of drug-likeness (QED) is 0.859. The molecule has 17 heavy (non-hydrogen) atoms. The summed E-state index contributed by atoms with van der Waals surface area (Å²) < 4.78 is 0. The number of aliphatic hydroxyl groups is 2. The molecular formula is C12H17ClN2O2. The molecule has 2 rings (SSSR count). The summed E-state index contributed by atoms with van der Waals surface area (Å²) in [5.41, 5.74) is 0.701. The number of rotatable bonds is 3. The van der Waals surface area contributed by atoms with Crippen LogP contribution in [0.5, 0.6) is 0 Å². The second kappa shape index (κ2) is 5.21. The van der Waals surface area contributed by atoms with Gasteiger partial charge < -0.3 is 15.1 Å². The molecule has 1 aromatic rings. The molecule has 0 radical (unpaired) electrons. The lowest BCUT2D eigenvalue weighted by atomic mass is 10.0. The van der Waals surface area contributed by atoms with Crippen LogP contribution in [0.2, 0.25) is 5.02 Å². The standard InChI is InChI=1S/C12H17ClN2O2/c1-8-2-3-15(11(8)7-17)12-10(13)4-9(6-16)5-14-12/h4-5,8,11,16-17H,2-3,6-7H2,1H3. The molecule has 1 fully saturated rings. The molecule has 0 saturated carbocycles. The molecule has 4 nitrogen and oxygen atoms in total. The molecule has 2 N–H and O–H groups in total. The first-order valence-corrected chi connectivity index (χ1v) is 6.18. The van der Waals surface area contributed by atoms with Crippen LogP contribution in [0, 0.1) is 5.92 Å².